The van der Waals surface area contributed by atoms with Crippen molar-refractivity contribution in [2.45, 2.75) is 13.8 Å². The molecular weight excluding hydrogens is 138 g/mol. The van der Waals surface area contributed by atoms with E-state index in [4.69, 9.17) is 0 Å². The molecule has 0 aliphatic rings. The van der Waals surface area contributed by atoms with Gasteiger partial charge in [-0.05, 0) is 0 Å². The van der Waals surface area contributed by atoms with Crippen molar-refractivity contribution in [1.82, 2.24) is 4.31 Å². The normalized spacial score (nSPS) is 14.2. The minimum atomic E-state index is -1.23. The number of hydrogen-bond acceptors (Lipinski definition) is 2. The molecule has 0 amide bonds. The lowest BCUT2D eigenvalue weighted by molar-refractivity contribution is 0.372. The van der Waals surface area contributed by atoms with Crippen molar-refractivity contribution in [2.75, 3.05) is 20.2 Å². The van der Waals surface area contributed by atoms with Crippen LogP contribution in [0.1, 0.15) is 13.8 Å². The quantitative estimate of drug-likeness (QED) is 0.587. The Morgan fingerprint density at radius 3 is 2.00 bits per heavy atom. The fraction of sp³-hybridized carbons (Fsp3) is 1.00. The predicted molar refractivity (Wildman–Crippen MR) is 38.1 cm³/mol. The van der Waals surface area contributed by atoms with Crippen molar-refractivity contribution in [1.29, 1.82) is 0 Å². The Balaban J connectivity index is 3.64. The van der Waals surface area contributed by atoms with Crippen LogP contribution in [0.2, 0.25) is 0 Å². The zero-order valence-corrected chi connectivity index (χ0v) is 6.90. The second kappa shape index (κ2) is 4.90. The molecule has 0 aromatic carbocycles. The largest absolute Gasteiger partial charge is 0.281 e. The topological polar surface area (TPSA) is 29.5 Å². The molecule has 0 rings (SSSR count). The van der Waals surface area contributed by atoms with Crippen LogP contribution in [0.3, 0.4) is 0 Å². The van der Waals surface area contributed by atoms with E-state index in [-0.39, 0.29) is 0 Å². The summed E-state index contributed by atoms with van der Waals surface area (Å²) in [6.45, 7) is 5.41. The summed E-state index contributed by atoms with van der Waals surface area (Å²) in [6.07, 6.45) is 0. The van der Waals surface area contributed by atoms with Crippen LogP contribution in [0.15, 0.2) is 0 Å². The third-order valence-electron chi connectivity index (χ3n) is 1.06. The molecule has 0 aromatic heterocycles. The fourth-order valence-electron chi connectivity index (χ4n) is 0.540. The maximum Gasteiger partial charge on any atom is 0.236 e. The Bertz CT molecular complexity index is 93.0. The summed E-state index contributed by atoms with van der Waals surface area (Å²) in [6, 6.07) is 0. The molecule has 0 saturated heterocycles. The molecule has 0 radical (unpaired) electrons. The number of nitrogens with zero attached hydrogens (tertiary/aromatic N) is 1. The average Bonchev–Trinajstić information content (AvgIpc) is 1.90. The molecule has 0 spiro atoms. The first-order chi connectivity index (χ1) is 4.26. The van der Waals surface area contributed by atoms with Gasteiger partial charge in [0.25, 0.3) is 0 Å². The third-order valence-corrected chi connectivity index (χ3v) is 2.28. The summed E-state index contributed by atoms with van der Waals surface area (Å²) in [5.41, 5.74) is 0. The summed E-state index contributed by atoms with van der Waals surface area (Å²) in [5.74, 6) is 0. The molecule has 0 saturated carbocycles. The fourth-order valence-corrected chi connectivity index (χ4v) is 1.17. The number of hydrogen-bond donors (Lipinski definition) is 0. The van der Waals surface area contributed by atoms with Crippen LogP contribution < -0.4 is 0 Å². The SMILES string of the molecule is CCN(CC)S(=O)OC. The maximum atomic E-state index is 10.8. The van der Waals surface area contributed by atoms with E-state index in [1.165, 1.54) is 7.11 Å². The molecule has 0 aliphatic heterocycles. The molecule has 0 aromatic rings. The highest BCUT2D eigenvalue weighted by Gasteiger charge is 2.05. The van der Waals surface area contributed by atoms with Crippen molar-refractivity contribution in [3.05, 3.63) is 0 Å². The lowest BCUT2D eigenvalue weighted by Crippen LogP contribution is -2.25. The van der Waals surface area contributed by atoms with E-state index in [2.05, 4.69) is 4.18 Å². The van der Waals surface area contributed by atoms with Crippen LogP contribution in [0.25, 0.3) is 0 Å². The monoisotopic (exact) mass is 151 g/mol. The van der Waals surface area contributed by atoms with Gasteiger partial charge in [0, 0.05) is 13.1 Å². The lowest BCUT2D eigenvalue weighted by atomic mass is 10.7. The maximum absolute atomic E-state index is 10.8. The summed E-state index contributed by atoms with van der Waals surface area (Å²) >= 11 is -1.23. The Labute approximate surface area is 58.8 Å². The highest BCUT2D eigenvalue weighted by molar-refractivity contribution is 7.77. The molecule has 4 heteroatoms. The van der Waals surface area contributed by atoms with Gasteiger partial charge >= 0.3 is 0 Å². The molecule has 0 bridgehead atoms. The third kappa shape index (κ3) is 2.93. The van der Waals surface area contributed by atoms with Crippen molar-refractivity contribution < 1.29 is 8.39 Å². The van der Waals surface area contributed by atoms with Gasteiger partial charge in [0.2, 0.25) is 11.3 Å². The van der Waals surface area contributed by atoms with Gasteiger partial charge in [0.1, 0.15) is 0 Å². The molecule has 0 aliphatic carbocycles. The molecular formula is C5H13NO2S. The molecule has 0 heterocycles. The first-order valence-electron chi connectivity index (χ1n) is 2.97. The summed E-state index contributed by atoms with van der Waals surface area (Å²) in [7, 11) is 1.44. The van der Waals surface area contributed by atoms with Crippen LogP contribution in [-0.2, 0) is 15.4 Å². The highest BCUT2D eigenvalue weighted by atomic mass is 32.2. The van der Waals surface area contributed by atoms with E-state index < -0.39 is 11.3 Å². The van der Waals surface area contributed by atoms with Crippen molar-refractivity contribution in [3.63, 3.8) is 0 Å². The van der Waals surface area contributed by atoms with Crippen molar-refractivity contribution >= 4 is 11.3 Å². The van der Waals surface area contributed by atoms with Gasteiger partial charge in [-0.2, -0.15) is 0 Å². The molecule has 56 valence electrons. The van der Waals surface area contributed by atoms with E-state index in [9.17, 15) is 4.21 Å². The summed E-state index contributed by atoms with van der Waals surface area (Å²) in [4.78, 5) is 0. The van der Waals surface area contributed by atoms with Gasteiger partial charge in [0.15, 0.2) is 0 Å². The van der Waals surface area contributed by atoms with Crippen molar-refractivity contribution in [2.24, 2.45) is 0 Å². The number of rotatable bonds is 4. The molecule has 1 unspecified atom stereocenters. The minimum absolute atomic E-state index is 0.761. The predicted octanol–water partition coefficient (Wildman–Crippen LogP) is 0.553. The summed E-state index contributed by atoms with van der Waals surface area (Å²) in [5, 5.41) is 0. The Hall–Kier alpha value is 0.0700. The van der Waals surface area contributed by atoms with Gasteiger partial charge in [-0.25, -0.2) is 8.51 Å². The van der Waals surface area contributed by atoms with Crippen LogP contribution in [-0.4, -0.2) is 28.7 Å². The Morgan fingerprint density at radius 1 is 1.44 bits per heavy atom. The van der Waals surface area contributed by atoms with Gasteiger partial charge in [0.05, 0.1) is 7.11 Å². The molecule has 0 fully saturated rings. The van der Waals surface area contributed by atoms with Crippen LogP contribution in [0.4, 0.5) is 0 Å². The lowest BCUT2D eigenvalue weighted by Gasteiger charge is -2.13. The Morgan fingerprint density at radius 2 is 1.89 bits per heavy atom. The van der Waals surface area contributed by atoms with Crippen molar-refractivity contribution in [3.8, 4) is 0 Å². The van der Waals surface area contributed by atoms with Crippen LogP contribution >= 0.6 is 0 Å². The van der Waals surface area contributed by atoms with Gasteiger partial charge in [-0.1, -0.05) is 13.8 Å². The highest BCUT2D eigenvalue weighted by Crippen LogP contribution is 1.93. The Kier molecular flexibility index (Phi) is 4.94. The van der Waals surface area contributed by atoms with Gasteiger partial charge < -0.3 is 0 Å². The van der Waals surface area contributed by atoms with E-state index in [0.29, 0.717) is 0 Å². The molecule has 1 atom stereocenters. The van der Waals surface area contributed by atoms with E-state index >= 15 is 0 Å². The molecule has 3 nitrogen and oxygen atoms in total. The standard InChI is InChI=1S/C5H13NO2S/c1-4-6(5-2)9(7)8-3/h4-5H2,1-3H3. The molecule has 0 N–H and O–H groups in total. The zero-order chi connectivity index (χ0) is 7.28. The van der Waals surface area contributed by atoms with Gasteiger partial charge in [-0.3, -0.25) is 4.18 Å². The zero-order valence-electron chi connectivity index (χ0n) is 6.09. The smallest absolute Gasteiger partial charge is 0.236 e. The van der Waals surface area contributed by atoms with Gasteiger partial charge in [-0.15, -0.1) is 0 Å². The first kappa shape index (κ1) is 9.07. The van der Waals surface area contributed by atoms with E-state index in [0.717, 1.165) is 13.1 Å². The molecule has 9 heavy (non-hydrogen) atoms. The average molecular weight is 151 g/mol. The second-order valence-corrected chi connectivity index (χ2v) is 2.78. The van der Waals surface area contributed by atoms with Crippen LogP contribution in [0.5, 0.6) is 0 Å². The second-order valence-electron chi connectivity index (χ2n) is 1.50. The van der Waals surface area contributed by atoms with Crippen LogP contribution in [0, 0.1) is 0 Å². The minimum Gasteiger partial charge on any atom is -0.281 e. The van der Waals surface area contributed by atoms with E-state index in [1.54, 1.807) is 4.31 Å². The first-order valence-corrected chi connectivity index (χ1v) is 4.00. The van der Waals surface area contributed by atoms with E-state index in [1.807, 2.05) is 13.8 Å². The summed E-state index contributed by atoms with van der Waals surface area (Å²) < 4.78 is 17.1.